The van der Waals surface area contributed by atoms with Crippen molar-refractivity contribution in [3.05, 3.63) is 446 Å². The van der Waals surface area contributed by atoms with Gasteiger partial charge in [0.25, 0.3) is 13.4 Å². The lowest BCUT2D eigenvalue weighted by Crippen LogP contribution is -2.61. The smallest absolute Gasteiger partial charge is 0.252 e. The summed E-state index contributed by atoms with van der Waals surface area (Å²) in [5, 5.41) is 0. The second kappa shape index (κ2) is 27.7. The molecule has 0 unspecified atom stereocenters. The first-order chi connectivity index (χ1) is 60.3. The first-order valence-corrected chi connectivity index (χ1v) is 43.4. The minimum atomic E-state index is -0.817. The molecule has 4 aliphatic heterocycles. The highest BCUT2D eigenvalue weighted by Crippen LogP contribution is 2.65. The highest BCUT2D eigenvalue weighted by molar-refractivity contribution is 7.01. The molecule has 0 saturated carbocycles. The van der Waals surface area contributed by atoms with Crippen molar-refractivity contribution in [1.29, 1.82) is 0 Å². The van der Waals surface area contributed by atoms with E-state index in [-0.39, 0.29) is 24.3 Å². The number of hydrogen-bond acceptors (Lipinski definition) is 4. The number of anilines is 12. The number of fused-ring (bicyclic) bond motifs is 18. The zero-order valence-corrected chi connectivity index (χ0v) is 69.7. The van der Waals surface area contributed by atoms with Gasteiger partial charge in [0.2, 0.25) is 0 Å². The first kappa shape index (κ1) is 72.3. The molecule has 4 heterocycles. The predicted octanol–water partition coefficient (Wildman–Crippen LogP) is 26.8. The maximum absolute atomic E-state index is 2.69. The third-order valence-corrected chi connectivity index (χ3v) is 27.3. The molecule has 6 aliphatic rings. The summed E-state index contributed by atoms with van der Waals surface area (Å²) >= 11 is 0. The molecule has 18 aromatic rings. The molecule has 2 aliphatic carbocycles. The summed E-state index contributed by atoms with van der Waals surface area (Å²) in [5.41, 5.74) is 47.1. The third-order valence-electron chi connectivity index (χ3n) is 27.3. The Kier molecular flexibility index (Phi) is 16.3. The summed E-state index contributed by atoms with van der Waals surface area (Å²) in [5.74, 6) is 0. The molecular weight excluding hydrogens is 1480 g/mol. The van der Waals surface area contributed by atoms with Crippen LogP contribution in [0.15, 0.2) is 413 Å². The van der Waals surface area contributed by atoms with Crippen LogP contribution >= 0.6 is 0 Å². The van der Waals surface area contributed by atoms with E-state index < -0.39 is 5.41 Å². The van der Waals surface area contributed by atoms with Crippen molar-refractivity contribution in [2.75, 3.05) is 19.6 Å². The predicted molar refractivity (Wildman–Crippen MR) is 521 cm³/mol. The molecular formula is C117H86B2N4. The molecule has 0 radical (unpaired) electrons. The number of para-hydroxylation sites is 4. The molecule has 0 N–H and O–H groups in total. The molecule has 4 nitrogen and oxygen atoms in total. The van der Waals surface area contributed by atoms with Crippen LogP contribution in [0.2, 0.25) is 0 Å². The SMILES string of the molecule is CC(C)(C)c1ccc(-c2cc3c4c(c2)N(c2ccccc2-c2ccccc2)c2ccc(-c5ccccc5)cc2B4c2cc4c(cc2N3c2ccccc2)C2(c3ccccc3-4)c3ccccc3-c3cc4c(cc32)N(c2ccccc2)c2cc(-c3ccc(C(C)(C)C)cc3)cc3c2B4c2cc(-c4ccccc4)ccc2N3c2ccccc2-c2ccccc2)cc1. The molecule has 18 aromatic carbocycles. The van der Waals surface area contributed by atoms with Crippen LogP contribution in [-0.2, 0) is 16.2 Å². The molecule has 123 heavy (non-hydrogen) atoms. The molecule has 0 amide bonds. The standard InChI is InChI=1S/C117H86B2N4/c1-115(2,3)85-59-53-77(54-60-85)83-67-109-113-111(69-83)122(103-51-31-27-45-89(103)79-37-17-9-18-38-79)105-63-57-81(75-33-13-7-14-34-75)65-99(105)118(113)101-71-93-91-47-25-29-49-95(91)117(97(93)73-107(101)120(109)87-41-21-11-22-42-87)96-50-30-26-48-92(96)94-72-102-108(74-98(94)117)121(88-43-23-12-24-44-88)110-68-84(78-55-61-86(62-56-78)116(4,5)6)70-112-114(110)119(102)100-66-82(76-35-15-8-16-36-76)58-64-106(100)123(112)104-52-32-28-46-90(104)80-39-19-10-20-40-80/h7-74H,1-6H3. The molecule has 580 valence electrons. The molecule has 1 spiro atoms. The normalized spacial score (nSPS) is 13.7. The Bertz CT molecular complexity index is 6880. The second-order valence-corrected chi connectivity index (χ2v) is 36.2. The summed E-state index contributed by atoms with van der Waals surface area (Å²) < 4.78 is 0. The minimum Gasteiger partial charge on any atom is -0.311 e. The summed E-state index contributed by atoms with van der Waals surface area (Å²) in [6.07, 6.45) is 0. The highest BCUT2D eigenvalue weighted by Gasteiger charge is 2.56. The van der Waals surface area contributed by atoms with E-state index in [1.807, 2.05) is 0 Å². The Labute approximate surface area is 721 Å². The van der Waals surface area contributed by atoms with Crippen LogP contribution in [0.1, 0.15) is 74.9 Å². The van der Waals surface area contributed by atoms with Gasteiger partial charge in [-0.1, -0.05) is 369 Å². The fraction of sp³-hybridized carbons (Fsp3) is 0.0769. The first-order valence-electron chi connectivity index (χ1n) is 43.4. The van der Waals surface area contributed by atoms with E-state index in [1.165, 1.54) is 133 Å². The Hall–Kier alpha value is -14.7. The van der Waals surface area contributed by atoms with E-state index in [9.17, 15) is 0 Å². The summed E-state index contributed by atoms with van der Waals surface area (Å²) in [7, 11) is 0. The lowest BCUT2D eigenvalue weighted by molar-refractivity contribution is 0.590. The summed E-state index contributed by atoms with van der Waals surface area (Å²) in [6.45, 7) is 13.4. The largest absolute Gasteiger partial charge is 0.311 e. The van der Waals surface area contributed by atoms with Gasteiger partial charge in [0, 0.05) is 68.0 Å². The van der Waals surface area contributed by atoms with Crippen molar-refractivity contribution in [2.45, 2.75) is 57.8 Å². The van der Waals surface area contributed by atoms with Gasteiger partial charge >= 0.3 is 0 Å². The van der Waals surface area contributed by atoms with Crippen molar-refractivity contribution >= 4 is 114 Å². The zero-order chi connectivity index (χ0) is 82.1. The molecule has 6 heteroatoms. The number of nitrogens with zero attached hydrogens (tertiary/aromatic N) is 4. The van der Waals surface area contributed by atoms with E-state index in [4.69, 9.17) is 0 Å². The van der Waals surface area contributed by atoms with Crippen LogP contribution in [0, 0.1) is 0 Å². The maximum Gasteiger partial charge on any atom is 0.252 e. The van der Waals surface area contributed by atoms with Gasteiger partial charge in [-0.3, -0.25) is 0 Å². The van der Waals surface area contributed by atoms with Gasteiger partial charge in [-0.15, -0.1) is 0 Å². The number of hydrogen-bond donors (Lipinski definition) is 0. The quantitative estimate of drug-likeness (QED) is 0.127. The van der Waals surface area contributed by atoms with Crippen LogP contribution in [0.4, 0.5) is 68.2 Å². The van der Waals surface area contributed by atoms with Gasteiger partial charge in [0.15, 0.2) is 0 Å². The van der Waals surface area contributed by atoms with E-state index in [0.717, 1.165) is 90.5 Å². The number of rotatable bonds is 10. The molecule has 0 fully saturated rings. The van der Waals surface area contributed by atoms with Crippen LogP contribution in [0.25, 0.3) is 89.0 Å². The van der Waals surface area contributed by atoms with Crippen LogP contribution in [0.3, 0.4) is 0 Å². The van der Waals surface area contributed by atoms with Crippen LogP contribution in [-0.4, -0.2) is 13.4 Å². The molecule has 0 saturated heterocycles. The second-order valence-electron chi connectivity index (χ2n) is 36.2. The fourth-order valence-corrected chi connectivity index (χ4v) is 21.7. The lowest BCUT2D eigenvalue weighted by atomic mass is 9.33. The van der Waals surface area contributed by atoms with Gasteiger partial charge in [-0.05, 0) is 240 Å². The van der Waals surface area contributed by atoms with Gasteiger partial charge in [-0.25, -0.2) is 0 Å². The Morgan fingerprint density at radius 3 is 0.846 bits per heavy atom. The molecule has 0 bridgehead atoms. The Balaban J connectivity index is 0.795. The molecule has 24 rings (SSSR count). The van der Waals surface area contributed by atoms with Crippen molar-refractivity contribution in [3.63, 3.8) is 0 Å². The van der Waals surface area contributed by atoms with Crippen LogP contribution in [0.5, 0.6) is 0 Å². The topological polar surface area (TPSA) is 13.0 Å². The van der Waals surface area contributed by atoms with E-state index in [1.54, 1.807) is 0 Å². The third kappa shape index (κ3) is 11.1. The van der Waals surface area contributed by atoms with Gasteiger partial charge < -0.3 is 19.6 Å². The fourth-order valence-electron chi connectivity index (χ4n) is 21.7. The van der Waals surface area contributed by atoms with Gasteiger partial charge in [0.1, 0.15) is 0 Å². The Morgan fingerprint density at radius 1 is 0.187 bits per heavy atom. The monoisotopic (exact) mass is 1570 g/mol. The zero-order valence-electron chi connectivity index (χ0n) is 69.7. The van der Waals surface area contributed by atoms with E-state index in [2.05, 4.69) is 474 Å². The van der Waals surface area contributed by atoms with Gasteiger partial charge in [0.05, 0.1) is 16.8 Å². The van der Waals surface area contributed by atoms with Crippen LogP contribution < -0.4 is 52.4 Å². The van der Waals surface area contributed by atoms with E-state index >= 15 is 0 Å². The summed E-state index contributed by atoms with van der Waals surface area (Å²) in [4.78, 5) is 10.5. The Morgan fingerprint density at radius 2 is 0.480 bits per heavy atom. The average molecular weight is 1570 g/mol. The lowest BCUT2D eigenvalue weighted by Gasteiger charge is -2.46. The van der Waals surface area contributed by atoms with Gasteiger partial charge in [-0.2, -0.15) is 0 Å². The summed E-state index contributed by atoms with van der Waals surface area (Å²) in [6, 6.07) is 158. The number of benzene rings is 18. The molecule has 0 atom stereocenters. The minimum absolute atomic E-state index is 0.0341. The van der Waals surface area contributed by atoms with Crippen molar-refractivity contribution in [1.82, 2.24) is 0 Å². The van der Waals surface area contributed by atoms with Crippen molar-refractivity contribution in [3.8, 4) is 89.0 Å². The maximum atomic E-state index is 2.69. The molecule has 0 aromatic heterocycles. The van der Waals surface area contributed by atoms with E-state index in [0.29, 0.717) is 0 Å². The highest BCUT2D eigenvalue weighted by atomic mass is 15.2. The van der Waals surface area contributed by atoms with Crippen molar-refractivity contribution < 1.29 is 0 Å². The average Bonchev–Trinajstić information content (AvgIpc) is 1.51. The van der Waals surface area contributed by atoms with Crippen molar-refractivity contribution in [2.24, 2.45) is 0 Å².